The third-order valence-electron chi connectivity index (χ3n) is 6.69. The minimum Gasteiger partial charge on any atom is -0.497 e. The molecule has 0 atom stereocenters. The van der Waals surface area contributed by atoms with Gasteiger partial charge in [0.15, 0.2) is 6.61 Å². The molecule has 0 bridgehead atoms. The van der Waals surface area contributed by atoms with Crippen molar-refractivity contribution >= 4 is 11.8 Å². The van der Waals surface area contributed by atoms with E-state index in [1.54, 1.807) is 7.11 Å². The van der Waals surface area contributed by atoms with Crippen molar-refractivity contribution in [1.29, 1.82) is 0 Å². The van der Waals surface area contributed by atoms with Crippen LogP contribution in [0, 0.1) is 31.1 Å². The van der Waals surface area contributed by atoms with Gasteiger partial charge in [0.25, 0.3) is 0 Å². The molecule has 1 saturated carbocycles. The molecule has 5 heteroatoms. The Morgan fingerprint density at radius 2 is 1.65 bits per heavy atom. The number of ketones is 1. The van der Waals surface area contributed by atoms with Crippen LogP contribution in [-0.2, 0) is 9.53 Å². The molecule has 0 saturated heterocycles. The Balaban J connectivity index is 1.62. The zero-order chi connectivity index (χ0) is 22.8. The maximum Gasteiger partial charge on any atom is 0.309 e. The Bertz CT molecular complexity index is 926. The first-order chi connectivity index (χ1) is 14.6. The molecule has 168 valence electrons. The van der Waals surface area contributed by atoms with Gasteiger partial charge in [-0.05, 0) is 81.2 Å². The van der Waals surface area contributed by atoms with Crippen LogP contribution >= 0.6 is 0 Å². The summed E-state index contributed by atoms with van der Waals surface area (Å²) in [5.41, 5.74) is 3.63. The van der Waals surface area contributed by atoms with Crippen molar-refractivity contribution in [3.63, 3.8) is 0 Å². The molecule has 1 aliphatic carbocycles. The van der Waals surface area contributed by atoms with Gasteiger partial charge in [0.1, 0.15) is 5.75 Å². The molecule has 1 fully saturated rings. The van der Waals surface area contributed by atoms with E-state index < -0.39 is 0 Å². The van der Waals surface area contributed by atoms with Crippen LogP contribution in [0.2, 0.25) is 0 Å². The quantitative estimate of drug-likeness (QED) is 0.441. The van der Waals surface area contributed by atoms with Gasteiger partial charge in [0, 0.05) is 22.6 Å². The third-order valence-corrected chi connectivity index (χ3v) is 6.69. The number of carbonyl (C=O) groups excluding carboxylic acids is 2. The molecule has 0 aliphatic heterocycles. The Morgan fingerprint density at radius 1 is 1.03 bits per heavy atom. The number of carbonyl (C=O) groups is 2. The SMILES string of the molecule is COc1ccc(-n2c(C)cc(C(=O)COC(=O)C3CCC(C(C)(C)C)CC3)c2C)cc1. The smallest absolute Gasteiger partial charge is 0.309 e. The van der Waals surface area contributed by atoms with Crippen molar-refractivity contribution in [2.24, 2.45) is 17.3 Å². The molecule has 5 nitrogen and oxygen atoms in total. The molecule has 1 aromatic heterocycles. The number of benzene rings is 1. The maximum atomic E-state index is 12.8. The highest BCUT2D eigenvalue weighted by Crippen LogP contribution is 2.40. The van der Waals surface area contributed by atoms with Crippen LogP contribution in [0.1, 0.15) is 68.2 Å². The molecule has 0 radical (unpaired) electrons. The highest BCUT2D eigenvalue weighted by Gasteiger charge is 2.33. The van der Waals surface area contributed by atoms with Crippen molar-refractivity contribution < 1.29 is 19.1 Å². The van der Waals surface area contributed by atoms with Gasteiger partial charge in [-0.15, -0.1) is 0 Å². The zero-order valence-electron chi connectivity index (χ0n) is 19.7. The van der Waals surface area contributed by atoms with Crippen LogP contribution in [0.4, 0.5) is 0 Å². The Kier molecular flexibility index (Phi) is 6.93. The molecule has 0 unspecified atom stereocenters. The fourth-order valence-corrected chi connectivity index (χ4v) is 4.70. The standard InChI is InChI=1S/C26H35NO4/c1-17-15-23(18(2)27(17)21-11-13-22(30-6)14-12-21)24(28)16-31-25(29)19-7-9-20(10-8-19)26(3,4)5/h11-15,19-20H,7-10,16H2,1-6H3. The highest BCUT2D eigenvalue weighted by atomic mass is 16.5. The fraction of sp³-hybridized carbons (Fsp3) is 0.538. The average molecular weight is 426 g/mol. The lowest BCUT2D eigenvalue weighted by Crippen LogP contribution is -2.30. The Morgan fingerprint density at radius 3 is 2.19 bits per heavy atom. The van der Waals surface area contributed by atoms with Crippen molar-refractivity contribution in [2.75, 3.05) is 13.7 Å². The van der Waals surface area contributed by atoms with Gasteiger partial charge >= 0.3 is 5.97 Å². The van der Waals surface area contributed by atoms with Gasteiger partial charge in [0.05, 0.1) is 13.0 Å². The summed E-state index contributed by atoms with van der Waals surface area (Å²) in [5, 5.41) is 0. The number of hydrogen-bond acceptors (Lipinski definition) is 4. The largest absolute Gasteiger partial charge is 0.497 e. The van der Waals surface area contributed by atoms with E-state index in [0.717, 1.165) is 48.5 Å². The Hall–Kier alpha value is -2.56. The highest BCUT2D eigenvalue weighted by molar-refractivity contribution is 5.99. The molecule has 0 amide bonds. The van der Waals surface area contributed by atoms with Crippen LogP contribution in [0.5, 0.6) is 5.75 Å². The molecule has 3 rings (SSSR count). The predicted octanol–water partition coefficient (Wildman–Crippen LogP) is 5.68. The van der Waals surface area contributed by atoms with E-state index in [-0.39, 0.29) is 29.7 Å². The van der Waals surface area contributed by atoms with E-state index in [2.05, 4.69) is 20.8 Å². The number of Topliss-reactive ketones (excluding diaryl/α,β-unsaturated/α-hetero) is 1. The number of ether oxygens (including phenoxy) is 2. The van der Waals surface area contributed by atoms with Gasteiger partial charge in [-0.3, -0.25) is 9.59 Å². The molecular weight excluding hydrogens is 390 g/mol. The number of aryl methyl sites for hydroxylation is 1. The van der Waals surface area contributed by atoms with E-state index in [1.807, 2.05) is 48.7 Å². The lowest BCUT2D eigenvalue weighted by atomic mass is 9.70. The van der Waals surface area contributed by atoms with Gasteiger partial charge in [-0.2, -0.15) is 0 Å². The van der Waals surface area contributed by atoms with Crippen LogP contribution in [0.15, 0.2) is 30.3 Å². The first-order valence-corrected chi connectivity index (χ1v) is 11.1. The number of esters is 1. The van der Waals surface area contributed by atoms with E-state index in [0.29, 0.717) is 11.5 Å². The monoisotopic (exact) mass is 425 g/mol. The summed E-state index contributed by atoms with van der Waals surface area (Å²) >= 11 is 0. The van der Waals surface area contributed by atoms with Crippen LogP contribution in [-0.4, -0.2) is 30.0 Å². The van der Waals surface area contributed by atoms with E-state index in [1.165, 1.54) is 0 Å². The maximum absolute atomic E-state index is 12.8. The summed E-state index contributed by atoms with van der Waals surface area (Å²) in [6.07, 6.45) is 3.78. The van der Waals surface area contributed by atoms with E-state index in [4.69, 9.17) is 9.47 Å². The molecule has 0 N–H and O–H groups in total. The molecular formula is C26H35NO4. The number of nitrogens with zero attached hydrogens (tertiary/aromatic N) is 1. The average Bonchev–Trinajstić information content (AvgIpc) is 3.05. The summed E-state index contributed by atoms with van der Waals surface area (Å²) in [6.45, 7) is 10.5. The van der Waals surface area contributed by atoms with Crippen LogP contribution < -0.4 is 4.74 Å². The van der Waals surface area contributed by atoms with E-state index in [9.17, 15) is 9.59 Å². The summed E-state index contributed by atoms with van der Waals surface area (Å²) in [7, 11) is 1.63. The van der Waals surface area contributed by atoms with Gasteiger partial charge in [-0.25, -0.2) is 0 Å². The Labute approximate surface area is 185 Å². The second-order valence-corrected chi connectivity index (χ2v) is 9.76. The lowest BCUT2D eigenvalue weighted by molar-refractivity contribution is -0.149. The van der Waals surface area contributed by atoms with Gasteiger partial charge in [-0.1, -0.05) is 20.8 Å². The topological polar surface area (TPSA) is 57.5 Å². The molecule has 31 heavy (non-hydrogen) atoms. The number of hydrogen-bond donors (Lipinski definition) is 0. The first-order valence-electron chi connectivity index (χ1n) is 11.1. The second kappa shape index (κ2) is 9.29. The zero-order valence-corrected chi connectivity index (χ0v) is 19.7. The van der Waals surface area contributed by atoms with Gasteiger partial charge < -0.3 is 14.0 Å². The molecule has 1 heterocycles. The van der Waals surface area contributed by atoms with Crippen molar-refractivity contribution in [3.05, 3.63) is 47.3 Å². The summed E-state index contributed by atoms with van der Waals surface area (Å²) in [6, 6.07) is 9.57. The van der Waals surface area contributed by atoms with Crippen molar-refractivity contribution in [1.82, 2.24) is 4.57 Å². The molecule has 1 aromatic carbocycles. The van der Waals surface area contributed by atoms with Crippen molar-refractivity contribution in [2.45, 2.75) is 60.3 Å². The normalized spacial score (nSPS) is 19.2. The van der Waals surface area contributed by atoms with Crippen LogP contribution in [0.3, 0.4) is 0 Å². The summed E-state index contributed by atoms with van der Waals surface area (Å²) in [4.78, 5) is 25.4. The van der Waals surface area contributed by atoms with Crippen molar-refractivity contribution in [3.8, 4) is 11.4 Å². The fourth-order valence-electron chi connectivity index (χ4n) is 4.70. The number of methoxy groups -OCH3 is 1. The lowest BCUT2D eigenvalue weighted by Gasteiger charge is -2.36. The number of rotatable bonds is 6. The summed E-state index contributed by atoms with van der Waals surface area (Å²) < 4.78 is 12.7. The first kappa shape index (κ1) is 23.1. The van der Waals surface area contributed by atoms with Crippen LogP contribution in [0.25, 0.3) is 5.69 Å². The second-order valence-electron chi connectivity index (χ2n) is 9.76. The summed E-state index contributed by atoms with van der Waals surface area (Å²) in [5.74, 6) is 0.944. The third kappa shape index (κ3) is 5.20. The molecule has 0 spiro atoms. The van der Waals surface area contributed by atoms with E-state index >= 15 is 0 Å². The predicted molar refractivity (Wildman–Crippen MR) is 122 cm³/mol. The molecule has 2 aromatic rings. The number of aromatic nitrogens is 1. The minimum absolute atomic E-state index is 0.0851. The minimum atomic E-state index is -0.232. The van der Waals surface area contributed by atoms with Gasteiger partial charge in [0.2, 0.25) is 5.78 Å². The molecule has 1 aliphatic rings.